The number of nitrogens with zero attached hydrogens (tertiary/aromatic N) is 1. The van der Waals surface area contributed by atoms with Crippen molar-refractivity contribution in [1.82, 2.24) is 0 Å². The largest absolute Gasteiger partial charge is 0.416 e. The second kappa shape index (κ2) is 6.66. The normalized spacial score (nSPS) is 20.5. The Morgan fingerprint density at radius 2 is 2.19 bits per heavy atom. The minimum absolute atomic E-state index is 0.200. The van der Waals surface area contributed by atoms with Gasteiger partial charge in [0.25, 0.3) is 0 Å². The Hall–Kier alpha value is -1.27. The highest BCUT2D eigenvalue weighted by Gasteiger charge is 2.39. The maximum absolute atomic E-state index is 12.6. The first-order chi connectivity index (χ1) is 9.86. The van der Waals surface area contributed by atoms with Crippen LogP contribution in [0.2, 0.25) is 0 Å². The van der Waals surface area contributed by atoms with Crippen molar-refractivity contribution in [3.63, 3.8) is 0 Å². The van der Waals surface area contributed by atoms with Crippen molar-refractivity contribution in [3.8, 4) is 0 Å². The number of anilines is 1. The molecule has 1 fully saturated rings. The zero-order valence-electron chi connectivity index (χ0n) is 11.9. The molecule has 0 saturated carbocycles. The molecule has 1 aliphatic rings. The standard InChI is InChI=1S/C15H20F3NO2/c1-11-3-2-4-13(7-11)19(8-12-5-6-21-10-12)9-14(20)15(16,17)18/h2-4,7,12,14,20H,5-6,8-10H2,1H3. The molecule has 0 radical (unpaired) electrons. The topological polar surface area (TPSA) is 32.7 Å². The molecule has 118 valence electrons. The number of benzene rings is 1. The molecule has 1 N–H and O–H groups in total. The number of ether oxygens (including phenoxy) is 1. The van der Waals surface area contributed by atoms with E-state index in [1.807, 2.05) is 25.1 Å². The molecule has 21 heavy (non-hydrogen) atoms. The van der Waals surface area contributed by atoms with Crippen molar-refractivity contribution in [2.45, 2.75) is 25.6 Å². The third-order valence-electron chi connectivity index (χ3n) is 3.64. The summed E-state index contributed by atoms with van der Waals surface area (Å²) in [6.07, 6.45) is -6.11. The summed E-state index contributed by atoms with van der Waals surface area (Å²) in [5.41, 5.74) is 1.67. The van der Waals surface area contributed by atoms with Gasteiger partial charge in [0.05, 0.1) is 13.2 Å². The fourth-order valence-corrected chi connectivity index (χ4v) is 2.46. The van der Waals surface area contributed by atoms with E-state index in [1.165, 1.54) is 0 Å². The summed E-state index contributed by atoms with van der Waals surface area (Å²) < 4.78 is 43.1. The molecule has 1 aliphatic heterocycles. The van der Waals surface area contributed by atoms with Gasteiger partial charge in [-0.25, -0.2) is 0 Å². The molecule has 0 aliphatic carbocycles. The molecule has 1 aromatic rings. The molecule has 1 heterocycles. The van der Waals surface area contributed by atoms with Crippen LogP contribution in [0.5, 0.6) is 0 Å². The zero-order valence-corrected chi connectivity index (χ0v) is 11.9. The Morgan fingerprint density at radius 3 is 2.76 bits per heavy atom. The Bertz CT molecular complexity index is 458. The summed E-state index contributed by atoms with van der Waals surface area (Å²) in [4.78, 5) is 1.60. The van der Waals surface area contributed by atoms with Gasteiger partial charge in [0, 0.05) is 24.8 Å². The van der Waals surface area contributed by atoms with Crippen molar-refractivity contribution in [1.29, 1.82) is 0 Å². The van der Waals surface area contributed by atoms with Crippen molar-refractivity contribution in [2.24, 2.45) is 5.92 Å². The second-order valence-electron chi connectivity index (χ2n) is 5.53. The van der Waals surface area contributed by atoms with Crippen molar-refractivity contribution >= 4 is 5.69 Å². The maximum Gasteiger partial charge on any atom is 0.416 e. The highest BCUT2D eigenvalue weighted by Crippen LogP contribution is 2.25. The third kappa shape index (κ3) is 4.61. The van der Waals surface area contributed by atoms with Crippen LogP contribution in [-0.2, 0) is 4.74 Å². The Balaban J connectivity index is 2.13. The number of aliphatic hydroxyl groups is 1. The molecule has 2 rings (SSSR count). The molecule has 3 nitrogen and oxygen atoms in total. The van der Waals surface area contributed by atoms with Crippen LogP contribution in [0, 0.1) is 12.8 Å². The fourth-order valence-electron chi connectivity index (χ4n) is 2.46. The average Bonchev–Trinajstić information content (AvgIpc) is 2.89. The summed E-state index contributed by atoms with van der Waals surface area (Å²) in [7, 11) is 0. The summed E-state index contributed by atoms with van der Waals surface area (Å²) in [5, 5.41) is 9.36. The predicted octanol–water partition coefficient (Wildman–Crippen LogP) is 2.76. The number of halogens is 3. The number of hydrogen-bond donors (Lipinski definition) is 1. The van der Waals surface area contributed by atoms with Crippen LogP contribution in [-0.4, -0.2) is 43.7 Å². The molecular formula is C15H20F3NO2. The van der Waals surface area contributed by atoms with Gasteiger partial charge in [-0.2, -0.15) is 13.2 Å². The molecule has 2 unspecified atom stereocenters. The van der Waals surface area contributed by atoms with Gasteiger partial charge in [0.1, 0.15) is 0 Å². The summed E-state index contributed by atoms with van der Waals surface area (Å²) in [6, 6.07) is 7.30. The van der Waals surface area contributed by atoms with Crippen molar-refractivity contribution in [3.05, 3.63) is 29.8 Å². The Kier molecular flexibility index (Phi) is 5.11. The van der Waals surface area contributed by atoms with E-state index in [-0.39, 0.29) is 5.92 Å². The molecule has 2 atom stereocenters. The van der Waals surface area contributed by atoms with Crippen LogP contribution in [0.3, 0.4) is 0 Å². The van der Waals surface area contributed by atoms with Crippen molar-refractivity contribution < 1.29 is 23.0 Å². The van der Waals surface area contributed by atoms with Crippen LogP contribution in [0.1, 0.15) is 12.0 Å². The van der Waals surface area contributed by atoms with Gasteiger partial charge in [-0.3, -0.25) is 0 Å². The van der Waals surface area contributed by atoms with Crippen LogP contribution < -0.4 is 4.90 Å². The predicted molar refractivity (Wildman–Crippen MR) is 74.4 cm³/mol. The Morgan fingerprint density at radius 1 is 1.43 bits per heavy atom. The van der Waals surface area contributed by atoms with Crippen LogP contribution in [0.15, 0.2) is 24.3 Å². The summed E-state index contributed by atoms with van der Waals surface area (Å²) >= 11 is 0. The van der Waals surface area contributed by atoms with Gasteiger partial charge in [-0.05, 0) is 31.0 Å². The van der Waals surface area contributed by atoms with Crippen LogP contribution in [0.4, 0.5) is 18.9 Å². The highest BCUT2D eigenvalue weighted by atomic mass is 19.4. The molecule has 0 aromatic heterocycles. The number of aliphatic hydroxyl groups excluding tert-OH is 1. The lowest BCUT2D eigenvalue weighted by atomic mass is 10.1. The van der Waals surface area contributed by atoms with Gasteiger partial charge in [0.2, 0.25) is 0 Å². The maximum atomic E-state index is 12.6. The minimum atomic E-state index is -4.60. The van der Waals surface area contributed by atoms with E-state index >= 15 is 0 Å². The summed E-state index contributed by atoms with van der Waals surface area (Å²) in [5.74, 6) is 0.200. The first-order valence-electron chi connectivity index (χ1n) is 7.00. The van der Waals surface area contributed by atoms with E-state index in [9.17, 15) is 18.3 Å². The Labute approximate surface area is 122 Å². The highest BCUT2D eigenvalue weighted by molar-refractivity contribution is 5.48. The van der Waals surface area contributed by atoms with Gasteiger partial charge in [-0.1, -0.05) is 12.1 Å². The molecule has 1 saturated heterocycles. The van der Waals surface area contributed by atoms with Gasteiger partial charge >= 0.3 is 6.18 Å². The first kappa shape index (κ1) is 16.1. The number of aryl methyl sites for hydroxylation is 1. The lowest BCUT2D eigenvalue weighted by molar-refractivity contribution is -0.200. The van der Waals surface area contributed by atoms with E-state index in [0.717, 1.165) is 12.0 Å². The lowest BCUT2D eigenvalue weighted by Gasteiger charge is -2.30. The molecule has 1 aromatic carbocycles. The van der Waals surface area contributed by atoms with E-state index in [2.05, 4.69) is 0 Å². The quantitative estimate of drug-likeness (QED) is 0.908. The van der Waals surface area contributed by atoms with E-state index in [0.29, 0.717) is 25.4 Å². The fraction of sp³-hybridized carbons (Fsp3) is 0.600. The van der Waals surface area contributed by atoms with Crippen LogP contribution in [0.25, 0.3) is 0 Å². The summed E-state index contributed by atoms with van der Waals surface area (Å²) in [6.45, 7) is 3.10. The van der Waals surface area contributed by atoms with Crippen LogP contribution >= 0.6 is 0 Å². The molecular weight excluding hydrogens is 283 g/mol. The lowest BCUT2D eigenvalue weighted by Crippen LogP contribution is -2.43. The minimum Gasteiger partial charge on any atom is -0.382 e. The second-order valence-corrected chi connectivity index (χ2v) is 5.53. The molecule has 6 heteroatoms. The molecule has 0 bridgehead atoms. The monoisotopic (exact) mass is 303 g/mol. The number of alkyl halides is 3. The molecule has 0 amide bonds. The van der Waals surface area contributed by atoms with Gasteiger partial charge < -0.3 is 14.7 Å². The van der Waals surface area contributed by atoms with Gasteiger partial charge in [0.15, 0.2) is 6.10 Å². The number of rotatable bonds is 5. The van der Waals surface area contributed by atoms with E-state index < -0.39 is 18.8 Å². The SMILES string of the molecule is Cc1cccc(N(CC2CCOC2)CC(O)C(F)(F)F)c1. The third-order valence-corrected chi connectivity index (χ3v) is 3.64. The van der Waals surface area contributed by atoms with Crippen molar-refractivity contribution in [2.75, 3.05) is 31.2 Å². The zero-order chi connectivity index (χ0) is 15.5. The smallest absolute Gasteiger partial charge is 0.382 e. The number of hydrogen-bond acceptors (Lipinski definition) is 3. The van der Waals surface area contributed by atoms with E-state index in [4.69, 9.17) is 4.74 Å². The molecule has 0 spiro atoms. The van der Waals surface area contributed by atoms with E-state index in [1.54, 1.807) is 11.0 Å². The van der Waals surface area contributed by atoms with Gasteiger partial charge in [-0.15, -0.1) is 0 Å². The average molecular weight is 303 g/mol. The first-order valence-corrected chi connectivity index (χ1v) is 7.00.